The van der Waals surface area contributed by atoms with Gasteiger partial charge in [0.1, 0.15) is 0 Å². The molecule has 0 aliphatic heterocycles. The van der Waals surface area contributed by atoms with Crippen LogP contribution in [0.4, 0.5) is 5.69 Å². The second kappa shape index (κ2) is 4.26. The van der Waals surface area contributed by atoms with Gasteiger partial charge in [0.05, 0.1) is 5.69 Å². The third kappa shape index (κ3) is 3.45. The van der Waals surface area contributed by atoms with Gasteiger partial charge in [-0.1, -0.05) is 13.3 Å². The zero-order valence-corrected chi connectivity index (χ0v) is 8.67. The van der Waals surface area contributed by atoms with Gasteiger partial charge >= 0.3 is 0 Å². The maximum absolute atomic E-state index is 4.07. The van der Waals surface area contributed by atoms with E-state index in [1.165, 1.54) is 12.8 Å². The van der Waals surface area contributed by atoms with Crippen molar-refractivity contribution in [2.45, 2.75) is 39.2 Å². The van der Waals surface area contributed by atoms with E-state index in [9.17, 15) is 0 Å². The van der Waals surface area contributed by atoms with E-state index in [1.807, 2.05) is 18.3 Å². The average molecular weight is 178 g/mol. The predicted molar refractivity (Wildman–Crippen MR) is 56.8 cm³/mol. The molecular formula is C11H18N2. The van der Waals surface area contributed by atoms with Crippen molar-refractivity contribution in [2.75, 3.05) is 5.32 Å². The van der Waals surface area contributed by atoms with Crippen LogP contribution in [0.25, 0.3) is 0 Å². The Labute approximate surface area is 80.4 Å². The molecule has 1 heterocycles. The number of hydrogen-bond acceptors (Lipinski definition) is 2. The number of nitrogens with zero attached hydrogens (tertiary/aromatic N) is 1. The Bertz CT molecular complexity index is 242. The summed E-state index contributed by atoms with van der Waals surface area (Å²) in [6, 6.07) is 3.99. The molecular weight excluding hydrogens is 160 g/mol. The van der Waals surface area contributed by atoms with Gasteiger partial charge in [0, 0.05) is 17.9 Å². The molecule has 13 heavy (non-hydrogen) atoms. The number of nitrogens with one attached hydrogen (secondary N) is 1. The average Bonchev–Trinajstić information content (AvgIpc) is 2.04. The number of anilines is 1. The third-order valence-electron chi connectivity index (χ3n) is 2.02. The number of hydrogen-bond donors (Lipinski definition) is 1. The monoisotopic (exact) mass is 178 g/mol. The molecule has 0 fully saturated rings. The fraction of sp³-hybridized carbons (Fsp3) is 0.545. The molecule has 2 heteroatoms. The summed E-state index contributed by atoms with van der Waals surface area (Å²) >= 11 is 0. The van der Waals surface area contributed by atoms with Crippen molar-refractivity contribution in [1.82, 2.24) is 4.98 Å². The number of rotatable bonds is 4. The maximum Gasteiger partial charge on any atom is 0.0530 e. The van der Waals surface area contributed by atoms with E-state index in [1.54, 1.807) is 6.20 Å². The van der Waals surface area contributed by atoms with Crippen LogP contribution >= 0.6 is 0 Å². The molecule has 0 saturated carbocycles. The summed E-state index contributed by atoms with van der Waals surface area (Å²) in [7, 11) is 0. The van der Waals surface area contributed by atoms with Gasteiger partial charge in [0.2, 0.25) is 0 Å². The largest absolute Gasteiger partial charge is 0.379 e. The highest BCUT2D eigenvalue weighted by molar-refractivity contribution is 5.42. The van der Waals surface area contributed by atoms with Gasteiger partial charge < -0.3 is 5.32 Å². The van der Waals surface area contributed by atoms with Crippen molar-refractivity contribution in [3.8, 4) is 0 Å². The summed E-state index contributed by atoms with van der Waals surface area (Å²) in [4.78, 5) is 4.07. The van der Waals surface area contributed by atoms with E-state index < -0.39 is 0 Å². The molecule has 0 aliphatic carbocycles. The first-order valence-electron chi connectivity index (χ1n) is 4.82. The van der Waals surface area contributed by atoms with Crippen LogP contribution in [0.5, 0.6) is 0 Å². The molecule has 0 radical (unpaired) electrons. The van der Waals surface area contributed by atoms with Crippen molar-refractivity contribution >= 4 is 5.69 Å². The summed E-state index contributed by atoms with van der Waals surface area (Å²) in [6.45, 7) is 6.62. The lowest BCUT2D eigenvalue weighted by Crippen LogP contribution is -2.30. The van der Waals surface area contributed by atoms with Gasteiger partial charge in [-0.15, -0.1) is 0 Å². The molecule has 0 unspecified atom stereocenters. The molecule has 0 bridgehead atoms. The Kier molecular flexibility index (Phi) is 3.29. The van der Waals surface area contributed by atoms with Crippen molar-refractivity contribution in [2.24, 2.45) is 0 Å². The summed E-state index contributed by atoms with van der Waals surface area (Å²) < 4.78 is 0. The first-order chi connectivity index (χ1) is 6.14. The Balaban J connectivity index is 2.58. The molecule has 0 spiro atoms. The zero-order chi connectivity index (χ0) is 9.73. The van der Waals surface area contributed by atoms with Crippen molar-refractivity contribution < 1.29 is 0 Å². The van der Waals surface area contributed by atoms with Gasteiger partial charge in [-0.05, 0) is 32.4 Å². The van der Waals surface area contributed by atoms with E-state index in [-0.39, 0.29) is 5.54 Å². The molecule has 1 N–H and O–H groups in total. The summed E-state index contributed by atoms with van der Waals surface area (Å²) in [5, 5.41) is 3.46. The lowest BCUT2D eigenvalue weighted by Gasteiger charge is -2.26. The number of aromatic nitrogens is 1. The topological polar surface area (TPSA) is 24.9 Å². The molecule has 2 nitrogen and oxygen atoms in total. The van der Waals surface area contributed by atoms with Gasteiger partial charge in [-0.3, -0.25) is 4.98 Å². The Morgan fingerprint density at radius 3 is 2.77 bits per heavy atom. The van der Waals surface area contributed by atoms with Crippen molar-refractivity contribution in [3.05, 3.63) is 24.5 Å². The van der Waals surface area contributed by atoms with Gasteiger partial charge in [0.25, 0.3) is 0 Å². The van der Waals surface area contributed by atoms with Crippen LogP contribution in [0, 0.1) is 0 Å². The Morgan fingerprint density at radius 2 is 2.23 bits per heavy atom. The lowest BCUT2D eigenvalue weighted by atomic mass is 9.99. The minimum absolute atomic E-state index is 0.164. The number of pyridine rings is 1. The molecule has 1 aromatic heterocycles. The van der Waals surface area contributed by atoms with E-state index in [0.29, 0.717) is 0 Å². The lowest BCUT2D eigenvalue weighted by molar-refractivity contribution is 0.511. The summed E-state index contributed by atoms with van der Waals surface area (Å²) in [5.74, 6) is 0. The molecule has 1 rings (SSSR count). The van der Waals surface area contributed by atoms with Crippen LogP contribution in [0.15, 0.2) is 24.5 Å². The summed E-state index contributed by atoms with van der Waals surface area (Å²) in [5.41, 5.74) is 1.26. The van der Waals surface area contributed by atoms with Crippen LogP contribution in [-0.2, 0) is 0 Å². The highest BCUT2D eigenvalue weighted by atomic mass is 15.0. The highest BCUT2D eigenvalue weighted by Crippen LogP contribution is 2.17. The molecule has 1 aromatic rings. The predicted octanol–water partition coefficient (Wildman–Crippen LogP) is 3.07. The van der Waals surface area contributed by atoms with Crippen LogP contribution in [-0.4, -0.2) is 10.5 Å². The fourth-order valence-corrected chi connectivity index (χ4v) is 1.51. The van der Waals surface area contributed by atoms with Crippen LogP contribution in [0.3, 0.4) is 0 Å². The normalized spacial score (nSPS) is 11.3. The van der Waals surface area contributed by atoms with E-state index in [2.05, 4.69) is 31.1 Å². The molecule has 0 amide bonds. The first kappa shape index (κ1) is 10.0. The molecule has 0 aromatic carbocycles. The third-order valence-corrected chi connectivity index (χ3v) is 2.02. The van der Waals surface area contributed by atoms with Crippen molar-refractivity contribution in [1.29, 1.82) is 0 Å². The second-order valence-corrected chi connectivity index (χ2v) is 4.00. The van der Waals surface area contributed by atoms with Crippen LogP contribution < -0.4 is 5.32 Å². The fourth-order valence-electron chi connectivity index (χ4n) is 1.51. The smallest absolute Gasteiger partial charge is 0.0530 e. The second-order valence-electron chi connectivity index (χ2n) is 4.00. The molecule has 0 atom stereocenters. The van der Waals surface area contributed by atoms with E-state index in [0.717, 1.165) is 5.69 Å². The SMILES string of the molecule is CCCC(C)(C)Nc1cccnc1. The molecule has 0 saturated heterocycles. The van der Waals surface area contributed by atoms with Crippen molar-refractivity contribution in [3.63, 3.8) is 0 Å². The Morgan fingerprint density at radius 1 is 1.46 bits per heavy atom. The quantitative estimate of drug-likeness (QED) is 0.766. The minimum Gasteiger partial charge on any atom is -0.379 e. The zero-order valence-electron chi connectivity index (χ0n) is 8.67. The Hall–Kier alpha value is -1.05. The maximum atomic E-state index is 4.07. The highest BCUT2D eigenvalue weighted by Gasteiger charge is 2.15. The van der Waals surface area contributed by atoms with Crippen LogP contribution in [0.1, 0.15) is 33.6 Å². The molecule has 0 aliphatic rings. The van der Waals surface area contributed by atoms with E-state index in [4.69, 9.17) is 0 Å². The van der Waals surface area contributed by atoms with Gasteiger partial charge in [-0.2, -0.15) is 0 Å². The van der Waals surface area contributed by atoms with Crippen LogP contribution in [0.2, 0.25) is 0 Å². The summed E-state index contributed by atoms with van der Waals surface area (Å²) in [6.07, 6.45) is 6.01. The minimum atomic E-state index is 0.164. The van der Waals surface area contributed by atoms with E-state index >= 15 is 0 Å². The standard InChI is InChI=1S/C11H18N2/c1-4-7-11(2,3)13-10-6-5-8-12-9-10/h5-6,8-9,13H,4,7H2,1-3H3. The van der Waals surface area contributed by atoms with Gasteiger partial charge in [-0.25, -0.2) is 0 Å². The first-order valence-corrected chi connectivity index (χ1v) is 4.82. The molecule has 72 valence electrons. The van der Waals surface area contributed by atoms with Gasteiger partial charge in [0.15, 0.2) is 0 Å².